The highest BCUT2D eigenvalue weighted by Crippen LogP contribution is 2.37. The first-order chi connectivity index (χ1) is 22.3. The Kier molecular flexibility index (Phi) is 5.78. The average molecular weight is 576 g/mol. The Hall–Kier alpha value is -6.13. The molecule has 2 aromatic heterocycles. The summed E-state index contributed by atoms with van der Waals surface area (Å²) in [6.45, 7) is 0. The lowest BCUT2D eigenvalue weighted by Crippen LogP contribution is -2.00. The molecule has 9 aromatic rings. The predicted molar refractivity (Wildman–Crippen MR) is 184 cm³/mol. The van der Waals surface area contributed by atoms with Gasteiger partial charge in [0.2, 0.25) is 0 Å². The first-order valence-electron chi connectivity index (χ1n) is 15.0. The summed E-state index contributed by atoms with van der Waals surface area (Å²) in [4.78, 5) is 15.0. The summed E-state index contributed by atoms with van der Waals surface area (Å²) in [5, 5.41) is 6.79. The molecule has 0 fully saturated rings. The predicted octanol–water partition coefficient (Wildman–Crippen LogP) is 10.7. The molecule has 0 aliphatic rings. The van der Waals surface area contributed by atoms with Gasteiger partial charge in [-0.15, -0.1) is 0 Å². The van der Waals surface area contributed by atoms with Gasteiger partial charge in [-0.2, -0.15) is 0 Å². The summed E-state index contributed by atoms with van der Waals surface area (Å²) in [5.41, 5.74) is 6.77. The van der Waals surface area contributed by atoms with Crippen LogP contribution >= 0.6 is 0 Å². The first-order valence-corrected chi connectivity index (χ1v) is 15.0. The molecule has 4 nitrogen and oxygen atoms in total. The molecule has 0 radical (unpaired) electrons. The molecular weight excluding hydrogens is 550 g/mol. The Morgan fingerprint density at radius 2 is 0.956 bits per heavy atom. The van der Waals surface area contributed by atoms with Crippen LogP contribution in [0.5, 0.6) is 0 Å². The maximum absolute atomic E-state index is 6.47. The Morgan fingerprint density at radius 3 is 1.82 bits per heavy atom. The average Bonchev–Trinajstić information content (AvgIpc) is 3.50. The molecule has 0 N–H and O–H groups in total. The third-order valence-corrected chi connectivity index (χ3v) is 8.52. The van der Waals surface area contributed by atoms with Gasteiger partial charge < -0.3 is 4.42 Å². The number of furan rings is 1. The van der Waals surface area contributed by atoms with Crippen molar-refractivity contribution in [3.63, 3.8) is 0 Å². The maximum atomic E-state index is 6.47. The summed E-state index contributed by atoms with van der Waals surface area (Å²) < 4.78 is 6.47. The number of benzene rings is 7. The van der Waals surface area contributed by atoms with Crippen LogP contribution in [0.3, 0.4) is 0 Å². The van der Waals surface area contributed by atoms with E-state index in [1.54, 1.807) is 0 Å². The van der Waals surface area contributed by atoms with E-state index in [4.69, 9.17) is 19.4 Å². The van der Waals surface area contributed by atoms with Crippen LogP contribution < -0.4 is 0 Å². The van der Waals surface area contributed by atoms with Gasteiger partial charge in [0, 0.05) is 32.8 Å². The fourth-order valence-corrected chi connectivity index (χ4v) is 6.28. The molecule has 45 heavy (non-hydrogen) atoms. The van der Waals surface area contributed by atoms with Gasteiger partial charge in [-0.05, 0) is 51.6 Å². The van der Waals surface area contributed by atoms with Crippen molar-refractivity contribution in [1.82, 2.24) is 15.0 Å². The second kappa shape index (κ2) is 10.2. The molecule has 0 atom stereocenters. The molecule has 210 valence electrons. The lowest BCUT2D eigenvalue weighted by atomic mass is 10.0. The van der Waals surface area contributed by atoms with Crippen LogP contribution in [0.25, 0.3) is 88.8 Å². The number of nitrogens with zero attached hydrogens (tertiary/aromatic N) is 3. The van der Waals surface area contributed by atoms with E-state index in [0.29, 0.717) is 17.5 Å². The minimum absolute atomic E-state index is 0.630. The van der Waals surface area contributed by atoms with Crippen molar-refractivity contribution in [1.29, 1.82) is 0 Å². The fraction of sp³-hybridized carbons (Fsp3) is 0. The van der Waals surface area contributed by atoms with Gasteiger partial charge in [0.1, 0.15) is 11.2 Å². The smallest absolute Gasteiger partial charge is 0.164 e. The van der Waals surface area contributed by atoms with Crippen LogP contribution in [0.4, 0.5) is 0 Å². The molecule has 0 saturated carbocycles. The Labute approximate surface area is 259 Å². The highest BCUT2D eigenvalue weighted by atomic mass is 16.3. The van der Waals surface area contributed by atoms with Gasteiger partial charge in [0.15, 0.2) is 17.5 Å². The number of hydrogen-bond donors (Lipinski definition) is 0. The normalized spacial score (nSPS) is 11.6. The van der Waals surface area contributed by atoms with Gasteiger partial charge >= 0.3 is 0 Å². The topological polar surface area (TPSA) is 51.8 Å². The lowest BCUT2D eigenvalue weighted by Gasteiger charge is -2.11. The number of aromatic nitrogens is 3. The molecule has 0 aliphatic heterocycles. The van der Waals surface area contributed by atoms with E-state index in [1.165, 1.54) is 5.39 Å². The van der Waals surface area contributed by atoms with E-state index in [1.807, 2.05) is 30.3 Å². The molecule has 0 bridgehead atoms. The van der Waals surface area contributed by atoms with Crippen molar-refractivity contribution in [2.45, 2.75) is 0 Å². The van der Waals surface area contributed by atoms with E-state index in [-0.39, 0.29) is 0 Å². The fourth-order valence-electron chi connectivity index (χ4n) is 6.28. The summed E-state index contributed by atoms with van der Waals surface area (Å²) in [6, 6.07) is 52.2. The minimum Gasteiger partial charge on any atom is -0.455 e. The van der Waals surface area contributed by atoms with Crippen LogP contribution in [0, 0.1) is 0 Å². The zero-order valence-electron chi connectivity index (χ0n) is 24.2. The molecule has 0 spiro atoms. The van der Waals surface area contributed by atoms with Crippen LogP contribution in [0.2, 0.25) is 0 Å². The van der Waals surface area contributed by atoms with Crippen LogP contribution in [0.1, 0.15) is 0 Å². The molecule has 0 unspecified atom stereocenters. The molecule has 0 aliphatic carbocycles. The Bertz CT molecular complexity index is 2540. The van der Waals surface area contributed by atoms with Crippen molar-refractivity contribution in [3.8, 4) is 45.3 Å². The van der Waals surface area contributed by atoms with Gasteiger partial charge in [-0.3, -0.25) is 0 Å². The minimum atomic E-state index is 0.630. The monoisotopic (exact) mass is 575 g/mol. The first kappa shape index (κ1) is 25.4. The summed E-state index contributed by atoms with van der Waals surface area (Å²) in [7, 11) is 0. The van der Waals surface area contributed by atoms with E-state index < -0.39 is 0 Å². The van der Waals surface area contributed by atoms with E-state index in [9.17, 15) is 0 Å². The zero-order valence-corrected chi connectivity index (χ0v) is 24.2. The van der Waals surface area contributed by atoms with E-state index in [0.717, 1.165) is 65.9 Å². The Morgan fingerprint density at radius 1 is 0.356 bits per heavy atom. The second-order valence-corrected chi connectivity index (χ2v) is 11.3. The highest BCUT2D eigenvalue weighted by molar-refractivity contribution is 6.15. The molecule has 7 aromatic carbocycles. The van der Waals surface area contributed by atoms with Gasteiger partial charge in [-0.25, -0.2) is 15.0 Å². The summed E-state index contributed by atoms with van der Waals surface area (Å²) in [6.07, 6.45) is 0. The molecule has 2 heterocycles. The number of fused-ring (bicyclic) bond motifs is 6. The van der Waals surface area contributed by atoms with Crippen LogP contribution in [0.15, 0.2) is 156 Å². The third-order valence-electron chi connectivity index (χ3n) is 8.52. The van der Waals surface area contributed by atoms with E-state index in [2.05, 4.69) is 121 Å². The SMILES string of the molecule is c1ccc(-c2nc(-c3cccc(-c4ccc5c(c4)oc4c6ccccc6ccc54)c3)nc(-c3cccc4ccccc34)n2)cc1. The lowest BCUT2D eigenvalue weighted by molar-refractivity contribution is 0.673. The van der Waals surface area contributed by atoms with Crippen LogP contribution in [-0.4, -0.2) is 15.0 Å². The summed E-state index contributed by atoms with van der Waals surface area (Å²) >= 11 is 0. The number of rotatable bonds is 4. The largest absolute Gasteiger partial charge is 0.455 e. The van der Waals surface area contributed by atoms with Crippen molar-refractivity contribution in [2.24, 2.45) is 0 Å². The molecule has 4 heteroatoms. The second-order valence-electron chi connectivity index (χ2n) is 11.3. The van der Waals surface area contributed by atoms with Crippen molar-refractivity contribution in [3.05, 3.63) is 152 Å². The number of hydrogen-bond acceptors (Lipinski definition) is 4. The van der Waals surface area contributed by atoms with Gasteiger partial charge in [0.05, 0.1) is 0 Å². The van der Waals surface area contributed by atoms with Crippen LogP contribution in [-0.2, 0) is 0 Å². The third kappa shape index (κ3) is 4.35. The van der Waals surface area contributed by atoms with Crippen molar-refractivity contribution >= 4 is 43.5 Å². The van der Waals surface area contributed by atoms with E-state index >= 15 is 0 Å². The maximum Gasteiger partial charge on any atom is 0.164 e. The van der Waals surface area contributed by atoms with Crippen molar-refractivity contribution in [2.75, 3.05) is 0 Å². The summed E-state index contributed by atoms with van der Waals surface area (Å²) in [5.74, 6) is 1.92. The molecule has 9 rings (SSSR count). The Balaban J connectivity index is 1.19. The zero-order chi connectivity index (χ0) is 29.7. The van der Waals surface area contributed by atoms with Gasteiger partial charge in [0.25, 0.3) is 0 Å². The molecular formula is C41H25N3O. The quantitative estimate of drug-likeness (QED) is 0.209. The highest BCUT2D eigenvalue weighted by Gasteiger charge is 2.16. The molecule has 0 amide bonds. The van der Waals surface area contributed by atoms with Crippen molar-refractivity contribution < 1.29 is 4.42 Å². The molecule has 0 saturated heterocycles. The standard InChI is InChI=1S/C41H25N3O/c1-2-12-28(13-3-1)39-42-40(44-41(43-39)36-19-9-14-26-10-4-6-17-32(26)36)31-16-8-15-29(24-31)30-21-22-34-35-23-20-27-11-5-7-18-33(27)38(35)45-37(34)25-30/h1-25H. The van der Waals surface area contributed by atoms with Gasteiger partial charge in [-0.1, -0.05) is 127 Å².